The smallest absolute Gasteiger partial charge is 0.404 e. The van der Waals surface area contributed by atoms with Gasteiger partial charge >= 0.3 is 6.09 Å². The molecule has 0 radical (unpaired) electrons. The van der Waals surface area contributed by atoms with Crippen molar-refractivity contribution in [3.05, 3.63) is 28.8 Å². The number of benzene rings is 1. The van der Waals surface area contributed by atoms with Crippen molar-refractivity contribution in [2.24, 2.45) is 11.3 Å². The molecule has 0 heterocycles. The van der Waals surface area contributed by atoms with Crippen LogP contribution < -0.4 is 15.4 Å². The standard InChI is InChI=1S/C23H33ClN2O4S.CH4/c24-20-7-6-18(30-11-3-12-31-13-10-25-22(28)29)14-19(20)21(27)26-16-23-8-1-4-17(15-23)5-2-9-23;/h6-7,14,17,25H,1-5,8-13,15-16H2,(H,26,27)(H,28,29);1H4. The minimum atomic E-state index is -0.993. The van der Waals surface area contributed by atoms with E-state index in [0.29, 0.717) is 29.5 Å². The van der Waals surface area contributed by atoms with Crippen molar-refractivity contribution in [3.8, 4) is 5.75 Å². The van der Waals surface area contributed by atoms with E-state index in [-0.39, 0.29) is 18.7 Å². The number of rotatable bonds is 11. The minimum Gasteiger partial charge on any atom is -0.494 e. The van der Waals surface area contributed by atoms with E-state index in [9.17, 15) is 9.59 Å². The minimum absolute atomic E-state index is 0. The maximum atomic E-state index is 12.8. The van der Waals surface area contributed by atoms with Gasteiger partial charge in [-0.05, 0) is 61.0 Å². The third-order valence-corrected chi connectivity index (χ3v) is 7.79. The van der Waals surface area contributed by atoms with Crippen molar-refractivity contribution < 1.29 is 19.4 Å². The highest BCUT2D eigenvalue weighted by molar-refractivity contribution is 7.99. The third-order valence-electron chi connectivity index (χ3n) is 6.39. The van der Waals surface area contributed by atoms with Gasteiger partial charge in [-0.3, -0.25) is 4.79 Å². The van der Waals surface area contributed by atoms with E-state index >= 15 is 0 Å². The van der Waals surface area contributed by atoms with E-state index < -0.39 is 6.09 Å². The zero-order chi connectivity index (χ0) is 22.1. The van der Waals surface area contributed by atoms with Crippen molar-refractivity contribution in [1.82, 2.24) is 10.6 Å². The number of carbonyl (C=O) groups is 2. The van der Waals surface area contributed by atoms with Gasteiger partial charge < -0.3 is 20.5 Å². The molecule has 32 heavy (non-hydrogen) atoms. The first-order valence-corrected chi connectivity index (χ1v) is 12.8. The number of amides is 2. The molecule has 0 unspecified atom stereocenters. The molecule has 0 spiro atoms. The lowest BCUT2D eigenvalue weighted by Gasteiger charge is -2.45. The van der Waals surface area contributed by atoms with E-state index in [1.54, 1.807) is 30.0 Å². The second-order valence-corrected chi connectivity index (χ2v) is 10.4. The summed E-state index contributed by atoms with van der Waals surface area (Å²) in [6, 6.07) is 5.23. The molecule has 3 N–H and O–H groups in total. The molecule has 0 saturated heterocycles. The number of ether oxygens (including phenoxy) is 1. The monoisotopic (exact) mass is 484 g/mol. The molecule has 1 aromatic rings. The van der Waals surface area contributed by atoms with Crippen LogP contribution in [0, 0.1) is 11.3 Å². The first-order valence-electron chi connectivity index (χ1n) is 11.2. The predicted octanol–water partition coefficient (Wildman–Crippen LogP) is 5.84. The van der Waals surface area contributed by atoms with E-state index in [1.165, 1.54) is 44.9 Å². The molecule has 3 rings (SSSR count). The second kappa shape index (κ2) is 13.2. The average molecular weight is 485 g/mol. The number of fused-ring (bicyclic) bond motifs is 2. The molecular formula is C24H37ClN2O4S. The van der Waals surface area contributed by atoms with Gasteiger partial charge in [-0.2, -0.15) is 11.8 Å². The van der Waals surface area contributed by atoms with E-state index in [1.807, 2.05) is 0 Å². The molecule has 2 aliphatic rings. The van der Waals surface area contributed by atoms with Crippen LogP contribution in [-0.2, 0) is 0 Å². The Kier molecular flexibility index (Phi) is 11.0. The summed E-state index contributed by atoms with van der Waals surface area (Å²) in [5, 5.41) is 14.5. The van der Waals surface area contributed by atoms with Gasteiger partial charge in [0.05, 0.1) is 17.2 Å². The van der Waals surface area contributed by atoms with Crippen molar-refractivity contribution in [2.45, 2.75) is 58.8 Å². The molecule has 0 atom stereocenters. The molecule has 2 aliphatic carbocycles. The van der Waals surface area contributed by atoms with Crippen LogP contribution in [0.4, 0.5) is 4.79 Å². The Labute approximate surface area is 201 Å². The molecule has 0 aromatic heterocycles. The molecule has 2 fully saturated rings. The van der Waals surface area contributed by atoms with Gasteiger partial charge in [-0.25, -0.2) is 4.79 Å². The first kappa shape index (κ1) is 26.7. The summed E-state index contributed by atoms with van der Waals surface area (Å²) in [5.41, 5.74) is 0.738. The van der Waals surface area contributed by atoms with Crippen LogP contribution in [0.3, 0.4) is 0 Å². The number of halogens is 1. The van der Waals surface area contributed by atoms with Crippen LogP contribution in [0.2, 0.25) is 5.02 Å². The van der Waals surface area contributed by atoms with Crippen molar-refractivity contribution >= 4 is 35.4 Å². The second-order valence-electron chi connectivity index (χ2n) is 8.73. The summed E-state index contributed by atoms with van der Waals surface area (Å²) in [4.78, 5) is 23.2. The highest BCUT2D eigenvalue weighted by Gasteiger charge is 2.39. The largest absolute Gasteiger partial charge is 0.494 e. The first-order chi connectivity index (χ1) is 15.0. The molecule has 8 heteroatoms. The van der Waals surface area contributed by atoms with Gasteiger partial charge in [-0.15, -0.1) is 0 Å². The van der Waals surface area contributed by atoms with Crippen LogP contribution in [0.25, 0.3) is 0 Å². The fourth-order valence-electron chi connectivity index (χ4n) is 4.88. The number of hydrogen-bond donors (Lipinski definition) is 3. The number of hydrogen-bond acceptors (Lipinski definition) is 4. The fourth-order valence-corrected chi connectivity index (χ4v) is 5.86. The van der Waals surface area contributed by atoms with Gasteiger partial charge in [0.25, 0.3) is 5.91 Å². The maximum absolute atomic E-state index is 12.8. The lowest BCUT2D eigenvalue weighted by molar-refractivity contribution is 0.0681. The van der Waals surface area contributed by atoms with Crippen molar-refractivity contribution in [2.75, 3.05) is 31.2 Å². The summed E-state index contributed by atoms with van der Waals surface area (Å²) in [6.07, 6.45) is 8.76. The lowest BCUT2D eigenvalue weighted by Crippen LogP contribution is -2.43. The van der Waals surface area contributed by atoms with Crippen LogP contribution in [-0.4, -0.2) is 48.3 Å². The highest BCUT2D eigenvalue weighted by atomic mass is 35.5. The molecule has 0 aliphatic heterocycles. The quantitative estimate of drug-likeness (QED) is 0.343. The molecule has 2 saturated carbocycles. The molecule has 1 aromatic carbocycles. The molecule has 2 amide bonds. The third kappa shape index (κ3) is 8.07. The Hall–Kier alpha value is -1.60. The number of thioether (sulfide) groups is 1. The topological polar surface area (TPSA) is 87.7 Å². The number of nitrogens with one attached hydrogen (secondary N) is 2. The Morgan fingerprint density at radius 3 is 2.66 bits per heavy atom. The van der Waals surface area contributed by atoms with Gasteiger partial charge in [0.1, 0.15) is 5.75 Å². The zero-order valence-electron chi connectivity index (χ0n) is 18.0. The summed E-state index contributed by atoms with van der Waals surface area (Å²) in [7, 11) is 0. The summed E-state index contributed by atoms with van der Waals surface area (Å²) < 4.78 is 5.79. The fraction of sp³-hybridized carbons (Fsp3) is 0.667. The van der Waals surface area contributed by atoms with Gasteiger partial charge in [0, 0.05) is 18.8 Å². The Balaban J connectivity index is 0.00000363. The summed E-state index contributed by atoms with van der Waals surface area (Å²) in [5.74, 6) is 2.97. The molecular weight excluding hydrogens is 448 g/mol. The van der Waals surface area contributed by atoms with E-state index in [2.05, 4.69) is 10.6 Å². The number of carboxylic acid groups (broad SMARTS) is 1. The lowest BCUT2D eigenvalue weighted by atomic mass is 9.62. The SMILES string of the molecule is C.O=C(O)NCCSCCCOc1ccc(Cl)c(C(=O)NCC23CCCC(CCC2)C3)c1. The van der Waals surface area contributed by atoms with Gasteiger partial charge in [0.2, 0.25) is 0 Å². The molecule has 180 valence electrons. The normalized spacial score (nSPS) is 21.8. The Morgan fingerprint density at radius 1 is 1.19 bits per heavy atom. The van der Waals surface area contributed by atoms with Crippen LogP contribution >= 0.6 is 23.4 Å². The number of carbonyl (C=O) groups excluding carboxylic acids is 1. The predicted molar refractivity (Wildman–Crippen MR) is 132 cm³/mol. The van der Waals surface area contributed by atoms with Crippen LogP contribution in [0.5, 0.6) is 5.75 Å². The van der Waals surface area contributed by atoms with Crippen molar-refractivity contribution in [1.29, 1.82) is 0 Å². The highest BCUT2D eigenvalue weighted by Crippen LogP contribution is 2.48. The molecule has 6 nitrogen and oxygen atoms in total. The maximum Gasteiger partial charge on any atom is 0.404 e. The average Bonchev–Trinajstić information content (AvgIpc) is 2.75. The van der Waals surface area contributed by atoms with Gasteiger partial charge in [-0.1, -0.05) is 44.7 Å². The van der Waals surface area contributed by atoms with Gasteiger partial charge in [0.15, 0.2) is 0 Å². The van der Waals surface area contributed by atoms with Crippen LogP contribution in [0.1, 0.15) is 69.2 Å². The molecule has 2 bridgehead atoms. The Bertz CT molecular complexity index is 752. The van der Waals surface area contributed by atoms with Crippen molar-refractivity contribution in [3.63, 3.8) is 0 Å². The summed E-state index contributed by atoms with van der Waals surface area (Å²) in [6.45, 7) is 1.71. The van der Waals surface area contributed by atoms with E-state index in [4.69, 9.17) is 21.4 Å². The Morgan fingerprint density at radius 2 is 1.94 bits per heavy atom. The van der Waals surface area contributed by atoms with E-state index in [0.717, 1.165) is 30.4 Å². The van der Waals surface area contributed by atoms with Crippen LogP contribution in [0.15, 0.2) is 18.2 Å². The summed E-state index contributed by atoms with van der Waals surface area (Å²) >= 11 is 7.98. The zero-order valence-corrected chi connectivity index (χ0v) is 19.5.